The van der Waals surface area contributed by atoms with Gasteiger partial charge < -0.3 is 0 Å². The Labute approximate surface area is 130 Å². The Kier molecular flexibility index (Phi) is 4.36. The number of halogens is 5. The fourth-order valence-corrected chi connectivity index (χ4v) is 2.43. The predicted molar refractivity (Wildman–Crippen MR) is 80.4 cm³/mol. The van der Waals surface area contributed by atoms with Crippen LogP contribution in [0.1, 0.15) is 11.1 Å². The quantitative estimate of drug-likeness (QED) is 0.561. The lowest BCUT2D eigenvalue weighted by Crippen LogP contribution is -2.12. The fourth-order valence-electron chi connectivity index (χ4n) is 1.52. The van der Waals surface area contributed by atoms with Gasteiger partial charge in [-0.05, 0) is 35.4 Å². The maximum absolute atomic E-state index is 6.38. The van der Waals surface area contributed by atoms with E-state index >= 15 is 0 Å². The third-order valence-corrected chi connectivity index (χ3v) is 4.35. The Hall–Kier alpha value is -0.110. The van der Waals surface area contributed by atoms with Gasteiger partial charge in [0.15, 0.2) is 4.33 Å². The number of alkyl halides is 2. The first-order valence-corrected chi connectivity index (χ1v) is 6.89. The molecule has 0 radical (unpaired) electrons. The van der Waals surface area contributed by atoms with Crippen LogP contribution in [0.15, 0.2) is 42.5 Å². The Morgan fingerprint density at radius 1 is 0.667 bits per heavy atom. The van der Waals surface area contributed by atoms with Crippen LogP contribution in [0.4, 0.5) is 0 Å². The Morgan fingerprint density at radius 2 is 1.22 bits per heavy atom. The van der Waals surface area contributed by atoms with Crippen molar-refractivity contribution in [3.05, 3.63) is 68.7 Å². The lowest BCUT2D eigenvalue weighted by Gasteiger charge is -2.21. The van der Waals surface area contributed by atoms with Gasteiger partial charge in [-0.1, -0.05) is 76.2 Å². The summed E-state index contributed by atoms with van der Waals surface area (Å²) >= 11 is 30.4. The fraction of sp³-hybridized carbons (Fsp3) is 0.0769. The van der Waals surface area contributed by atoms with E-state index in [4.69, 9.17) is 58.0 Å². The van der Waals surface area contributed by atoms with Crippen molar-refractivity contribution in [1.29, 1.82) is 0 Å². The lowest BCUT2D eigenvalue weighted by atomic mass is 10.0. The van der Waals surface area contributed by atoms with Crippen LogP contribution in [0, 0.1) is 0 Å². The second kappa shape index (κ2) is 5.48. The molecular formula is C13H7Cl5. The highest BCUT2D eigenvalue weighted by atomic mass is 35.5. The number of hydrogen-bond acceptors (Lipinski definition) is 0. The molecule has 5 heteroatoms. The molecule has 0 aliphatic rings. The molecule has 0 spiro atoms. The largest absolute Gasteiger partial charge is 0.168 e. The molecule has 0 fully saturated rings. The second-order valence-electron chi connectivity index (χ2n) is 3.71. The van der Waals surface area contributed by atoms with Crippen molar-refractivity contribution < 1.29 is 0 Å². The van der Waals surface area contributed by atoms with Crippen molar-refractivity contribution in [2.24, 2.45) is 0 Å². The van der Waals surface area contributed by atoms with Gasteiger partial charge in [-0.15, -0.1) is 0 Å². The summed E-state index contributed by atoms with van der Waals surface area (Å²) in [4.78, 5) is 0. The molecule has 2 aromatic carbocycles. The molecule has 94 valence electrons. The van der Waals surface area contributed by atoms with Gasteiger partial charge in [0.05, 0.1) is 10.0 Å². The number of rotatable bonds is 2. The van der Waals surface area contributed by atoms with E-state index in [1.165, 1.54) is 0 Å². The van der Waals surface area contributed by atoms with Crippen LogP contribution in [-0.2, 0) is 4.33 Å². The van der Waals surface area contributed by atoms with Crippen LogP contribution in [0.3, 0.4) is 0 Å². The van der Waals surface area contributed by atoms with Crippen molar-refractivity contribution in [2.45, 2.75) is 4.33 Å². The number of hydrogen-bond donors (Lipinski definition) is 0. The molecule has 0 saturated heterocycles. The minimum absolute atomic E-state index is 0.411. The Bertz CT molecular complexity index is 560. The van der Waals surface area contributed by atoms with E-state index in [2.05, 4.69) is 0 Å². The van der Waals surface area contributed by atoms with E-state index < -0.39 is 4.33 Å². The van der Waals surface area contributed by atoms with Crippen molar-refractivity contribution in [1.82, 2.24) is 0 Å². The molecular weight excluding hydrogens is 333 g/mol. The molecule has 0 heterocycles. The standard InChI is InChI=1S/C13H7Cl5/c14-10-4-1-8(2-5-10)13(17,18)9-3-6-11(15)12(16)7-9/h1-7H. The third-order valence-electron chi connectivity index (χ3n) is 2.49. The molecule has 0 nitrogen and oxygen atoms in total. The summed E-state index contributed by atoms with van der Waals surface area (Å²) in [5.41, 5.74) is 1.37. The molecule has 0 unspecified atom stereocenters. The summed E-state index contributed by atoms with van der Waals surface area (Å²) in [5, 5.41) is 1.49. The van der Waals surface area contributed by atoms with Crippen LogP contribution in [0.5, 0.6) is 0 Å². The normalized spacial score (nSPS) is 11.6. The highest BCUT2D eigenvalue weighted by Crippen LogP contribution is 2.42. The molecule has 0 aliphatic carbocycles. The van der Waals surface area contributed by atoms with Gasteiger partial charge in [0.2, 0.25) is 0 Å². The van der Waals surface area contributed by atoms with Gasteiger partial charge in [0.25, 0.3) is 0 Å². The van der Waals surface area contributed by atoms with Crippen molar-refractivity contribution in [3.8, 4) is 0 Å². The molecule has 0 N–H and O–H groups in total. The molecule has 0 aromatic heterocycles. The summed E-state index contributed by atoms with van der Waals surface area (Å²) in [6, 6.07) is 12.0. The second-order valence-corrected chi connectivity index (χ2v) is 6.29. The Balaban J connectivity index is 2.46. The van der Waals surface area contributed by atoms with Crippen LogP contribution >= 0.6 is 58.0 Å². The summed E-state index contributed by atoms with van der Waals surface area (Å²) in [7, 11) is 0. The summed E-state index contributed by atoms with van der Waals surface area (Å²) in [5.74, 6) is 0. The van der Waals surface area contributed by atoms with Gasteiger partial charge in [-0.2, -0.15) is 0 Å². The zero-order valence-electron chi connectivity index (χ0n) is 8.93. The summed E-state index contributed by atoms with van der Waals surface area (Å²) in [6.45, 7) is 0. The van der Waals surface area contributed by atoms with Crippen LogP contribution in [0.25, 0.3) is 0 Å². The summed E-state index contributed by atoms with van der Waals surface area (Å²) in [6.07, 6.45) is 0. The SMILES string of the molecule is Clc1ccc(C(Cl)(Cl)c2ccc(Cl)c(Cl)c2)cc1. The van der Waals surface area contributed by atoms with Gasteiger partial charge in [0, 0.05) is 5.02 Å². The van der Waals surface area contributed by atoms with Gasteiger partial charge in [0.1, 0.15) is 0 Å². The van der Waals surface area contributed by atoms with Crippen LogP contribution in [0.2, 0.25) is 15.1 Å². The van der Waals surface area contributed by atoms with E-state index in [0.717, 1.165) is 0 Å². The Morgan fingerprint density at radius 3 is 1.78 bits per heavy atom. The zero-order chi connectivity index (χ0) is 13.3. The molecule has 0 atom stereocenters. The van der Waals surface area contributed by atoms with E-state index in [1.54, 1.807) is 42.5 Å². The van der Waals surface area contributed by atoms with Gasteiger partial charge in [-0.3, -0.25) is 0 Å². The highest BCUT2D eigenvalue weighted by Gasteiger charge is 2.29. The first-order valence-electron chi connectivity index (χ1n) is 5.00. The average molecular weight is 340 g/mol. The molecule has 18 heavy (non-hydrogen) atoms. The maximum Gasteiger partial charge on any atom is 0.168 e. The van der Waals surface area contributed by atoms with E-state index in [9.17, 15) is 0 Å². The van der Waals surface area contributed by atoms with Crippen molar-refractivity contribution >= 4 is 58.0 Å². The molecule has 0 amide bonds. The molecule has 0 saturated carbocycles. The van der Waals surface area contributed by atoms with E-state index in [-0.39, 0.29) is 0 Å². The third kappa shape index (κ3) is 2.89. The first-order chi connectivity index (χ1) is 8.41. The van der Waals surface area contributed by atoms with Crippen LogP contribution < -0.4 is 0 Å². The molecule has 2 aromatic rings. The minimum atomic E-state index is -1.20. The maximum atomic E-state index is 6.38. The van der Waals surface area contributed by atoms with E-state index in [1.807, 2.05) is 0 Å². The molecule has 2 rings (SSSR count). The summed E-state index contributed by atoms with van der Waals surface area (Å²) < 4.78 is -1.20. The predicted octanol–water partition coefficient (Wildman–Crippen LogP) is 6.33. The monoisotopic (exact) mass is 338 g/mol. The van der Waals surface area contributed by atoms with Crippen molar-refractivity contribution in [3.63, 3.8) is 0 Å². The lowest BCUT2D eigenvalue weighted by molar-refractivity contribution is 1.04. The average Bonchev–Trinajstić information content (AvgIpc) is 2.33. The minimum Gasteiger partial charge on any atom is -0.0909 e. The van der Waals surface area contributed by atoms with E-state index in [0.29, 0.717) is 26.2 Å². The zero-order valence-corrected chi connectivity index (χ0v) is 12.7. The molecule has 0 aliphatic heterocycles. The smallest absolute Gasteiger partial charge is 0.0909 e. The molecule has 0 bridgehead atoms. The van der Waals surface area contributed by atoms with Crippen molar-refractivity contribution in [2.75, 3.05) is 0 Å². The van der Waals surface area contributed by atoms with Crippen LogP contribution in [-0.4, -0.2) is 0 Å². The topological polar surface area (TPSA) is 0 Å². The number of benzene rings is 2. The first kappa shape index (κ1) is 14.3. The van der Waals surface area contributed by atoms with Gasteiger partial charge >= 0.3 is 0 Å². The highest BCUT2D eigenvalue weighted by molar-refractivity contribution is 6.50. The van der Waals surface area contributed by atoms with Gasteiger partial charge in [-0.25, -0.2) is 0 Å².